The Bertz CT molecular complexity index is 1210. The van der Waals surface area contributed by atoms with Gasteiger partial charge >= 0.3 is 0 Å². The fourth-order valence-electron chi connectivity index (χ4n) is 2.86. The summed E-state index contributed by atoms with van der Waals surface area (Å²) >= 11 is 3.36. The summed E-state index contributed by atoms with van der Waals surface area (Å²) in [5, 5.41) is 13.3. The van der Waals surface area contributed by atoms with Gasteiger partial charge in [0.2, 0.25) is 10.0 Å². The first-order valence-corrected chi connectivity index (χ1v) is 11.9. The van der Waals surface area contributed by atoms with E-state index in [4.69, 9.17) is 0 Å². The first kappa shape index (κ1) is 23.6. The summed E-state index contributed by atoms with van der Waals surface area (Å²) < 4.78 is 28.5. The molecule has 0 aliphatic carbocycles. The Balaban J connectivity index is 1.79. The standard InChI is InChI=1S/C23H22BrN3O4S/c1-17-5-11-22(12-6-17)32(30,31)27(15-18-7-9-20(24)10-8-18)16-23(29)26-25-14-19-3-2-4-21(28)13-19/h2-14,28H,15-16H2,1H3,(H,26,29)/b25-14-. The maximum atomic E-state index is 13.3. The molecule has 1 amide bonds. The smallest absolute Gasteiger partial charge is 0.255 e. The topological polar surface area (TPSA) is 99.1 Å². The van der Waals surface area contributed by atoms with E-state index in [9.17, 15) is 18.3 Å². The number of hydrogen-bond acceptors (Lipinski definition) is 5. The van der Waals surface area contributed by atoms with Crippen LogP contribution in [0.25, 0.3) is 0 Å². The van der Waals surface area contributed by atoms with E-state index in [1.807, 2.05) is 19.1 Å². The van der Waals surface area contributed by atoms with Gasteiger partial charge in [0.15, 0.2) is 0 Å². The van der Waals surface area contributed by atoms with E-state index in [0.717, 1.165) is 19.9 Å². The lowest BCUT2D eigenvalue weighted by molar-refractivity contribution is -0.121. The summed E-state index contributed by atoms with van der Waals surface area (Å²) in [7, 11) is -3.93. The minimum Gasteiger partial charge on any atom is -0.508 e. The number of rotatable bonds is 8. The summed E-state index contributed by atoms with van der Waals surface area (Å²) in [4.78, 5) is 12.6. The minimum absolute atomic E-state index is 0.0210. The lowest BCUT2D eigenvalue weighted by Gasteiger charge is -2.21. The lowest BCUT2D eigenvalue weighted by Crippen LogP contribution is -2.39. The number of carbonyl (C=O) groups excluding carboxylic acids is 1. The van der Waals surface area contributed by atoms with Crippen LogP contribution in [0.1, 0.15) is 16.7 Å². The second-order valence-corrected chi connectivity index (χ2v) is 9.95. The highest BCUT2D eigenvalue weighted by Crippen LogP contribution is 2.20. The highest BCUT2D eigenvalue weighted by atomic mass is 79.9. The summed E-state index contributed by atoms with van der Waals surface area (Å²) in [5.74, 6) is -0.514. The molecule has 7 nitrogen and oxygen atoms in total. The molecule has 0 aliphatic heterocycles. The lowest BCUT2D eigenvalue weighted by atomic mass is 10.2. The van der Waals surface area contributed by atoms with E-state index in [-0.39, 0.29) is 17.2 Å². The van der Waals surface area contributed by atoms with E-state index in [1.165, 1.54) is 30.5 Å². The largest absolute Gasteiger partial charge is 0.508 e. The summed E-state index contributed by atoms with van der Waals surface area (Å²) in [6, 6.07) is 20.0. The number of phenols is 1. The Labute approximate surface area is 195 Å². The number of aryl methyl sites for hydroxylation is 1. The van der Waals surface area contributed by atoms with Gasteiger partial charge in [0.25, 0.3) is 5.91 Å². The molecule has 3 aromatic carbocycles. The molecule has 0 aromatic heterocycles. The van der Waals surface area contributed by atoms with Gasteiger partial charge in [-0.2, -0.15) is 9.41 Å². The van der Waals surface area contributed by atoms with Gasteiger partial charge in [-0.05, 0) is 54.4 Å². The maximum Gasteiger partial charge on any atom is 0.255 e. The zero-order valence-corrected chi connectivity index (χ0v) is 19.7. The first-order chi connectivity index (χ1) is 15.2. The van der Waals surface area contributed by atoms with E-state index in [1.54, 1.807) is 36.4 Å². The molecule has 0 saturated carbocycles. The van der Waals surface area contributed by atoms with Crippen LogP contribution in [-0.4, -0.2) is 36.5 Å². The van der Waals surface area contributed by atoms with Crippen molar-refractivity contribution in [3.63, 3.8) is 0 Å². The number of sulfonamides is 1. The molecule has 0 saturated heterocycles. The number of hydrazone groups is 1. The molecule has 0 atom stereocenters. The molecule has 3 aromatic rings. The number of hydrogen-bond donors (Lipinski definition) is 2. The van der Waals surface area contributed by atoms with Crippen LogP contribution in [0.2, 0.25) is 0 Å². The van der Waals surface area contributed by atoms with E-state index in [2.05, 4.69) is 26.5 Å². The number of benzene rings is 3. The summed E-state index contributed by atoms with van der Waals surface area (Å²) in [6.07, 6.45) is 1.37. The fourth-order valence-corrected chi connectivity index (χ4v) is 4.51. The zero-order valence-electron chi connectivity index (χ0n) is 17.3. The van der Waals surface area contributed by atoms with E-state index in [0.29, 0.717) is 5.56 Å². The van der Waals surface area contributed by atoms with E-state index >= 15 is 0 Å². The highest BCUT2D eigenvalue weighted by molar-refractivity contribution is 9.10. The van der Waals surface area contributed by atoms with Crippen LogP contribution in [0.15, 0.2) is 87.3 Å². The Morgan fingerprint density at radius 2 is 1.78 bits per heavy atom. The molecule has 166 valence electrons. The van der Waals surface area contributed by atoms with Crippen LogP contribution in [0, 0.1) is 6.92 Å². The predicted octanol–water partition coefficient (Wildman–Crippen LogP) is 3.80. The molecule has 0 radical (unpaired) electrons. The normalized spacial score (nSPS) is 11.7. The Morgan fingerprint density at radius 3 is 2.44 bits per heavy atom. The fraction of sp³-hybridized carbons (Fsp3) is 0.130. The maximum absolute atomic E-state index is 13.3. The van der Waals surface area contributed by atoms with Gasteiger partial charge < -0.3 is 5.11 Å². The molecule has 0 spiro atoms. The molecule has 0 unspecified atom stereocenters. The molecule has 2 N–H and O–H groups in total. The van der Waals surface area contributed by atoms with Crippen LogP contribution in [0.3, 0.4) is 0 Å². The summed E-state index contributed by atoms with van der Waals surface area (Å²) in [5.41, 5.74) is 4.60. The van der Waals surface area contributed by atoms with Crippen molar-refractivity contribution < 1.29 is 18.3 Å². The number of phenolic OH excluding ortho intramolecular Hbond substituents is 1. The third-order valence-corrected chi connectivity index (χ3v) is 6.86. The van der Waals surface area contributed by atoms with Crippen molar-refractivity contribution in [2.75, 3.05) is 6.54 Å². The van der Waals surface area contributed by atoms with Crippen molar-refractivity contribution in [1.29, 1.82) is 0 Å². The van der Waals surface area contributed by atoms with E-state index < -0.39 is 22.5 Å². The number of amides is 1. The third kappa shape index (κ3) is 6.49. The highest BCUT2D eigenvalue weighted by Gasteiger charge is 2.27. The quantitative estimate of drug-likeness (QED) is 0.352. The van der Waals surface area contributed by atoms with Crippen LogP contribution in [0.4, 0.5) is 0 Å². The number of nitrogens with one attached hydrogen (secondary N) is 1. The second kappa shape index (κ2) is 10.5. The van der Waals surface area contributed by atoms with Crippen molar-refractivity contribution in [1.82, 2.24) is 9.73 Å². The summed E-state index contributed by atoms with van der Waals surface area (Å²) in [6.45, 7) is 1.48. The second-order valence-electron chi connectivity index (χ2n) is 7.10. The van der Waals surface area contributed by atoms with Crippen molar-refractivity contribution in [2.45, 2.75) is 18.4 Å². The number of halogens is 1. The molecule has 0 aliphatic rings. The third-order valence-electron chi connectivity index (χ3n) is 4.52. The molecule has 0 bridgehead atoms. The van der Waals surface area contributed by atoms with Crippen molar-refractivity contribution in [3.8, 4) is 5.75 Å². The predicted molar refractivity (Wildman–Crippen MR) is 127 cm³/mol. The van der Waals surface area contributed by atoms with Gasteiger partial charge in [-0.25, -0.2) is 13.8 Å². The Morgan fingerprint density at radius 1 is 1.09 bits per heavy atom. The SMILES string of the molecule is Cc1ccc(S(=O)(=O)N(CC(=O)N/N=C\c2cccc(O)c2)Cc2ccc(Br)cc2)cc1. The van der Waals surface area contributed by atoms with Crippen LogP contribution in [-0.2, 0) is 21.4 Å². The molecule has 9 heteroatoms. The Hall–Kier alpha value is -3.01. The number of nitrogens with zero attached hydrogens (tertiary/aromatic N) is 2. The molecular weight excluding hydrogens is 494 g/mol. The van der Waals surface area contributed by atoms with Gasteiger partial charge in [-0.1, -0.05) is 57.9 Å². The minimum atomic E-state index is -3.93. The van der Waals surface area contributed by atoms with Gasteiger partial charge in [0, 0.05) is 11.0 Å². The van der Waals surface area contributed by atoms with Crippen molar-refractivity contribution >= 4 is 38.1 Å². The number of carbonyl (C=O) groups is 1. The molecule has 32 heavy (non-hydrogen) atoms. The van der Waals surface area contributed by atoms with Gasteiger partial charge in [0.05, 0.1) is 17.7 Å². The van der Waals surface area contributed by atoms with Crippen molar-refractivity contribution in [2.24, 2.45) is 5.10 Å². The van der Waals surface area contributed by atoms with Crippen molar-refractivity contribution in [3.05, 3.63) is 94.0 Å². The van der Waals surface area contributed by atoms with Gasteiger partial charge in [-0.3, -0.25) is 4.79 Å². The van der Waals surface area contributed by atoms with Crippen LogP contribution < -0.4 is 5.43 Å². The monoisotopic (exact) mass is 515 g/mol. The number of aromatic hydroxyl groups is 1. The average molecular weight is 516 g/mol. The molecule has 0 heterocycles. The molecule has 3 rings (SSSR count). The first-order valence-electron chi connectivity index (χ1n) is 9.66. The van der Waals surface area contributed by atoms with Gasteiger partial charge in [0.1, 0.15) is 5.75 Å². The molecule has 0 fully saturated rings. The Kier molecular flexibility index (Phi) is 7.79. The van der Waals surface area contributed by atoms with Crippen LogP contribution in [0.5, 0.6) is 5.75 Å². The van der Waals surface area contributed by atoms with Crippen LogP contribution >= 0.6 is 15.9 Å². The average Bonchev–Trinajstić information content (AvgIpc) is 2.75. The zero-order chi connectivity index (χ0) is 23.1. The molecular formula is C23H22BrN3O4S. The van der Waals surface area contributed by atoms with Gasteiger partial charge in [-0.15, -0.1) is 0 Å².